The second-order valence-corrected chi connectivity index (χ2v) is 6.55. The molecule has 0 saturated heterocycles. The maximum Gasteiger partial charge on any atom is 0.163 e. The van der Waals surface area contributed by atoms with Gasteiger partial charge in [-0.25, -0.2) is 9.50 Å². The number of aryl methyl sites for hydroxylation is 1. The Morgan fingerprint density at radius 3 is 2.48 bits per heavy atom. The predicted octanol–water partition coefficient (Wildman–Crippen LogP) is 5.56. The maximum absolute atomic E-state index is 9.02. The van der Waals surface area contributed by atoms with E-state index in [0.29, 0.717) is 10.7 Å². The Labute approximate surface area is 162 Å². The Kier molecular flexibility index (Phi) is 4.45. The third-order valence-corrected chi connectivity index (χ3v) is 4.52. The standard InChI is InChI=1S/C22H15ClN4/c1-15-14-20(16-6-3-2-4-7-16)27-22(25-15)19(8-5-13-24)21(26-27)17-9-11-18(23)12-10-17/h2-12,14H,1H3/b8-5+. The van der Waals surface area contributed by atoms with Gasteiger partial charge in [-0.3, -0.25) is 0 Å². The molecule has 0 atom stereocenters. The van der Waals surface area contributed by atoms with Crippen LogP contribution in [0.25, 0.3) is 34.2 Å². The molecule has 4 rings (SSSR count). The number of aromatic nitrogens is 3. The van der Waals surface area contributed by atoms with Gasteiger partial charge >= 0.3 is 0 Å². The van der Waals surface area contributed by atoms with Gasteiger partial charge in [-0.15, -0.1) is 0 Å². The zero-order valence-corrected chi connectivity index (χ0v) is 15.4. The average molecular weight is 371 g/mol. The number of halogens is 1. The number of benzene rings is 2. The van der Waals surface area contributed by atoms with Crippen molar-refractivity contribution in [3.8, 4) is 28.6 Å². The van der Waals surface area contributed by atoms with Crippen molar-refractivity contribution in [3.05, 3.63) is 83.0 Å². The number of allylic oxidation sites excluding steroid dienone is 1. The maximum atomic E-state index is 9.02. The first kappa shape index (κ1) is 17.0. The normalized spacial score (nSPS) is 11.1. The smallest absolute Gasteiger partial charge is 0.163 e. The molecule has 0 aliphatic carbocycles. The summed E-state index contributed by atoms with van der Waals surface area (Å²) in [7, 11) is 0. The summed E-state index contributed by atoms with van der Waals surface area (Å²) in [6.07, 6.45) is 3.20. The van der Waals surface area contributed by atoms with Crippen molar-refractivity contribution < 1.29 is 0 Å². The Balaban J connectivity index is 2.05. The number of hydrogen-bond donors (Lipinski definition) is 0. The second kappa shape index (κ2) is 7.06. The van der Waals surface area contributed by atoms with Gasteiger partial charge in [-0.1, -0.05) is 54.1 Å². The van der Waals surface area contributed by atoms with E-state index in [1.165, 1.54) is 6.08 Å². The highest BCUT2D eigenvalue weighted by atomic mass is 35.5. The Bertz CT molecular complexity index is 1180. The van der Waals surface area contributed by atoms with Crippen LogP contribution in [-0.2, 0) is 0 Å². The van der Waals surface area contributed by atoms with Gasteiger partial charge in [0.15, 0.2) is 5.65 Å². The van der Waals surface area contributed by atoms with E-state index in [9.17, 15) is 0 Å². The largest absolute Gasteiger partial charge is 0.233 e. The van der Waals surface area contributed by atoms with E-state index in [-0.39, 0.29) is 0 Å². The molecule has 0 radical (unpaired) electrons. The molecule has 0 N–H and O–H groups in total. The summed E-state index contributed by atoms with van der Waals surface area (Å²) in [5.41, 5.74) is 6.08. The molecule has 0 aliphatic rings. The lowest BCUT2D eigenvalue weighted by molar-refractivity contribution is 0.942. The van der Waals surface area contributed by atoms with Crippen molar-refractivity contribution in [2.45, 2.75) is 6.92 Å². The molecule has 2 aromatic heterocycles. The van der Waals surface area contributed by atoms with Crippen LogP contribution in [0.5, 0.6) is 0 Å². The Hall–Kier alpha value is -3.42. The molecular weight excluding hydrogens is 356 g/mol. The van der Waals surface area contributed by atoms with E-state index < -0.39 is 0 Å². The summed E-state index contributed by atoms with van der Waals surface area (Å²) in [5.74, 6) is 0. The zero-order chi connectivity index (χ0) is 18.8. The highest BCUT2D eigenvalue weighted by Crippen LogP contribution is 2.31. The first-order valence-corrected chi connectivity index (χ1v) is 8.83. The van der Waals surface area contributed by atoms with E-state index >= 15 is 0 Å². The van der Waals surface area contributed by atoms with Gasteiger partial charge in [0, 0.05) is 33.5 Å². The molecule has 0 bridgehead atoms. The van der Waals surface area contributed by atoms with E-state index in [1.807, 2.05) is 72.1 Å². The molecule has 0 spiro atoms. The van der Waals surface area contributed by atoms with Gasteiger partial charge in [-0.2, -0.15) is 10.4 Å². The molecule has 5 heteroatoms. The average Bonchev–Trinajstić information content (AvgIpc) is 3.05. The molecule has 0 fully saturated rings. The number of nitrogens with zero attached hydrogens (tertiary/aromatic N) is 4. The van der Waals surface area contributed by atoms with Crippen LogP contribution in [0, 0.1) is 18.3 Å². The molecule has 2 aromatic carbocycles. The topological polar surface area (TPSA) is 54.0 Å². The minimum absolute atomic E-state index is 0.663. The molecule has 2 heterocycles. The lowest BCUT2D eigenvalue weighted by Crippen LogP contribution is -1.98. The zero-order valence-electron chi connectivity index (χ0n) is 14.6. The van der Waals surface area contributed by atoms with Crippen LogP contribution >= 0.6 is 11.6 Å². The van der Waals surface area contributed by atoms with Gasteiger partial charge in [0.05, 0.1) is 11.8 Å². The lowest BCUT2D eigenvalue weighted by atomic mass is 10.1. The van der Waals surface area contributed by atoms with Crippen LogP contribution in [0.3, 0.4) is 0 Å². The number of nitriles is 1. The van der Waals surface area contributed by atoms with E-state index in [4.69, 9.17) is 26.9 Å². The number of hydrogen-bond acceptors (Lipinski definition) is 3. The number of fused-ring (bicyclic) bond motifs is 1. The van der Waals surface area contributed by atoms with Crippen LogP contribution in [0.1, 0.15) is 11.3 Å². The van der Waals surface area contributed by atoms with Crippen LogP contribution in [0.2, 0.25) is 5.02 Å². The highest BCUT2D eigenvalue weighted by molar-refractivity contribution is 6.30. The lowest BCUT2D eigenvalue weighted by Gasteiger charge is -2.06. The molecule has 4 aromatic rings. The van der Waals surface area contributed by atoms with Crippen LogP contribution in [0.15, 0.2) is 66.7 Å². The van der Waals surface area contributed by atoms with Gasteiger partial charge < -0.3 is 0 Å². The quantitative estimate of drug-likeness (QED) is 0.443. The molecule has 0 saturated carbocycles. The highest BCUT2D eigenvalue weighted by Gasteiger charge is 2.17. The fourth-order valence-corrected chi connectivity index (χ4v) is 3.19. The van der Waals surface area contributed by atoms with E-state index in [0.717, 1.165) is 33.8 Å². The van der Waals surface area contributed by atoms with Crippen molar-refractivity contribution in [2.24, 2.45) is 0 Å². The van der Waals surface area contributed by atoms with Crippen molar-refractivity contribution in [2.75, 3.05) is 0 Å². The van der Waals surface area contributed by atoms with Crippen molar-refractivity contribution >= 4 is 23.3 Å². The summed E-state index contributed by atoms with van der Waals surface area (Å²) in [4.78, 5) is 4.69. The minimum atomic E-state index is 0.663. The van der Waals surface area contributed by atoms with Gasteiger partial charge in [-0.05, 0) is 31.2 Å². The van der Waals surface area contributed by atoms with Crippen LogP contribution in [0.4, 0.5) is 0 Å². The fraction of sp³-hybridized carbons (Fsp3) is 0.0455. The van der Waals surface area contributed by atoms with E-state index in [2.05, 4.69) is 6.07 Å². The fourth-order valence-electron chi connectivity index (χ4n) is 3.06. The van der Waals surface area contributed by atoms with Crippen molar-refractivity contribution in [3.63, 3.8) is 0 Å². The summed E-state index contributed by atoms with van der Waals surface area (Å²) >= 11 is 6.03. The second-order valence-electron chi connectivity index (χ2n) is 6.12. The molecule has 130 valence electrons. The summed E-state index contributed by atoms with van der Waals surface area (Å²) in [5, 5.41) is 14.5. The van der Waals surface area contributed by atoms with Crippen LogP contribution < -0.4 is 0 Å². The van der Waals surface area contributed by atoms with Crippen LogP contribution in [-0.4, -0.2) is 14.6 Å². The van der Waals surface area contributed by atoms with Gasteiger partial charge in [0.1, 0.15) is 5.69 Å². The number of rotatable bonds is 3. The third kappa shape index (κ3) is 3.21. The third-order valence-electron chi connectivity index (χ3n) is 4.26. The molecule has 27 heavy (non-hydrogen) atoms. The first-order valence-electron chi connectivity index (χ1n) is 8.45. The minimum Gasteiger partial charge on any atom is -0.233 e. The molecule has 4 nitrogen and oxygen atoms in total. The molecule has 0 unspecified atom stereocenters. The SMILES string of the molecule is Cc1cc(-c2ccccc2)n2nc(-c3ccc(Cl)cc3)c(/C=C/C#N)c2n1. The Morgan fingerprint density at radius 2 is 1.78 bits per heavy atom. The summed E-state index contributed by atoms with van der Waals surface area (Å²) in [6, 6.07) is 21.6. The van der Waals surface area contributed by atoms with Crippen molar-refractivity contribution in [1.82, 2.24) is 14.6 Å². The Morgan fingerprint density at radius 1 is 1.04 bits per heavy atom. The predicted molar refractivity (Wildman–Crippen MR) is 108 cm³/mol. The van der Waals surface area contributed by atoms with Gasteiger partial charge in [0.25, 0.3) is 0 Å². The summed E-state index contributed by atoms with van der Waals surface area (Å²) < 4.78 is 1.84. The molecule has 0 amide bonds. The van der Waals surface area contributed by atoms with Gasteiger partial charge in [0.2, 0.25) is 0 Å². The van der Waals surface area contributed by atoms with Crippen molar-refractivity contribution in [1.29, 1.82) is 5.26 Å². The molecular formula is C22H15ClN4. The van der Waals surface area contributed by atoms with E-state index in [1.54, 1.807) is 6.08 Å². The molecule has 0 aliphatic heterocycles. The summed E-state index contributed by atoms with van der Waals surface area (Å²) in [6.45, 7) is 1.96. The monoisotopic (exact) mass is 370 g/mol. The first-order chi connectivity index (χ1) is 13.2.